The van der Waals surface area contributed by atoms with E-state index >= 15 is 0 Å². The van der Waals surface area contributed by atoms with Crippen LogP contribution in [0.4, 0.5) is 0 Å². The Kier molecular flexibility index (Phi) is 9.78. The molecule has 0 heterocycles. The molecule has 0 rings (SSSR count). The molecule has 0 spiro atoms. The summed E-state index contributed by atoms with van der Waals surface area (Å²) in [6.07, 6.45) is 14.4. The fourth-order valence-corrected chi connectivity index (χ4v) is 1.42. The van der Waals surface area contributed by atoms with Crippen LogP contribution in [0.3, 0.4) is 0 Å². The molecule has 1 N–H and O–H groups in total. The van der Waals surface area contributed by atoms with E-state index in [9.17, 15) is 4.79 Å². The Balaban J connectivity index is 3.41. The maximum absolute atomic E-state index is 10.5. The zero-order valence-electron chi connectivity index (χ0n) is 10.5. The first kappa shape index (κ1) is 14.9. The fraction of sp³-hybridized carbons (Fsp3) is 0.643. The number of carboxylic acids is 1. The van der Waals surface area contributed by atoms with E-state index in [0.717, 1.165) is 6.42 Å². The van der Waals surface area contributed by atoms with Gasteiger partial charge in [0.25, 0.3) is 0 Å². The van der Waals surface area contributed by atoms with Gasteiger partial charge in [-0.15, -0.1) is 0 Å². The van der Waals surface area contributed by atoms with Crippen LogP contribution in [-0.2, 0) is 4.79 Å². The van der Waals surface area contributed by atoms with Crippen LogP contribution in [0.5, 0.6) is 0 Å². The number of allylic oxidation sites excluding steroid dienone is 3. The summed E-state index contributed by atoms with van der Waals surface area (Å²) >= 11 is 0. The van der Waals surface area contributed by atoms with Crippen LogP contribution in [0, 0.1) is 0 Å². The molecule has 0 atom stereocenters. The number of carbonyl (C=O) groups is 1. The highest BCUT2D eigenvalue weighted by Gasteiger charge is 1.95. The van der Waals surface area contributed by atoms with E-state index in [-0.39, 0.29) is 0 Å². The number of unbranched alkanes of at least 4 members (excludes halogenated alkanes) is 6. The van der Waals surface area contributed by atoms with E-state index in [2.05, 4.69) is 6.92 Å². The zero-order chi connectivity index (χ0) is 12.2. The fourth-order valence-electron chi connectivity index (χ4n) is 1.42. The lowest BCUT2D eigenvalue weighted by Gasteiger charge is -1.97. The lowest BCUT2D eigenvalue weighted by molar-refractivity contribution is -0.132. The summed E-state index contributed by atoms with van der Waals surface area (Å²) in [6.45, 7) is 3.83. The van der Waals surface area contributed by atoms with Gasteiger partial charge >= 0.3 is 5.97 Å². The van der Waals surface area contributed by atoms with Gasteiger partial charge in [-0.25, -0.2) is 4.79 Å². The molecule has 0 aliphatic heterocycles. The van der Waals surface area contributed by atoms with Gasteiger partial charge < -0.3 is 5.11 Å². The second-order valence-corrected chi connectivity index (χ2v) is 4.14. The highest BCUT2D eigenvalue weighted by atomic mass is 16.4. The smallest absolute Gasteiger partial charge is 0.331 e. The molecule has 92 valence electrons. The normalized spacial score (nSPS) is 12.2. The van der Waals surface area contributed by atoms with Crippen LogP contribution >= 0.6 is 0 Å². The molecule has 0 amide bonds. The van der Waals surface area contributed by atoms with Gasteiger partial charge in [-0.3, -0.25) is 0 Å². The van der Waals surface area contributed by atoms with Crippen molar-refractivity contribution in [1.82, 2.24) is 0 Å². The van der Waals surface area contributed by atoms with Gasteiger partial charge in [-0.2, -0.15) is 0 Å². The van der Waals surface area contributed by atoms with Crippen molar-refractivity contribution in [2.45, 2.75) is 58.8 Å². The van der Waals surface area contributed by atoms with Crippen LogP contribution in [0.1, 0.15) is 58.8 Å². The van der Waals surface area contributed by atoms with Crippen molar-refractivity contribution in [3.8, 4) is 0 Å². The van der Waals surface area contributed by atoms with Crippen LogP contribution in [0.2, 0.25) is 0 Å². The lowest BCUT2D eigenvalue weighted by atomic mass is 10.1. The molecule has 0 saturated heterocycles. The molecule has 0 aromatic heterocycles. The summed E-state index contributed by atoms with van der Waals surface area (Å²) < 4.78 is 0. The predicted octanol–water partition coefficient (Wildman–Crippen LogP) is 4.32. The molecular formula is C14H24O2. The Hall–Kier alpha value is -1.05. The summed E-state index contributed by atoms with van der Waals surface area (Å²) in [5, 5.41) is 8.60. The molecule has 2 heteroatoms. The van der Waals surface area contributed by atoms with Gasteiger partial charge in [-0.1, -0.05) is 57.3 Å². The van der Waals surface area contributed by atoms with Crippen molar-refractivity contribution >= 4 is 5.97 Å². The molecule has 16 heavy (non-hydrogen) atoms. The van der Waals surface area contributed by atoms with E-state index in [0.29, 0.717) is 5.57 Å². The van der Waals surface area contributed by atoms with E-state index < -0.39 is 5.97 Å². The molecular weight excluding hydrogens is 200 g/mol. The van der Waals surface area contributed by atoms with Crippen LogP contribution in [-0.4, -0.2) is 11.1 Å². The third-order valence-electron chi connectivity index (χ3n) is 2.54. The standard InChI is InChI=1S/C14H24O2/c1-3-4-5-6-7-8-9-10-11-12-13(2)14(15)16/h10-12H,3-9H2,1-2H3,(H,15,16)/b11-10+,13-12-. The van der Waals surface area contributed by atoms with Gasteiger partial charge in [0.05, 0.1) is 0 Å². The number of aliphatic carboxylic acids is 1. The second kappa shape index (κ2) is 10.5. The van der Waals surface area contributed by atoms with Crippen molar-refractivity contribution in [2.24, 2.45) is 0 Å². The summed E-state index contributed by atoms with van der Waals surface area (Å²) in [4.78, 5) is 10.5. The summed E-state index contributed by atoms with van der Waals surface area (Å²) in [7, 11) is 0. The largest absolute Gasteiger partial charge is 0.478 e. The average Bonchev–Trinajstić information content (AvgIpc) is 2.26. The average molecular weight is 224 g/mol. The first-order chi connectivity index (χ1) is 7.68. The van der Waals surface area contributed by atoms with Gasteiger partial charge in [-0.05, 0) is 19.8 Å². The molecule has 0 aliphatic carbocycles. The van der Waals surface area contributed by atoms with Gasteiger partial charge in [0.2, 0.25) is 0 Å². The molecule has 0 unspecified atom stereocenters. The van der Waals surface area contributed by atoms with Crippen molar-refractivity contribution in [1.29, 1.82) is 0 Å². The lowest BCUT2D eigenvalue weighted by Crippen LogP contribution is -1.94. The van der Waals surface area contributed by atoms with Crippen molar-refractivity contribution in [2.75, 3.05) is 0 Å². The van der Waals surface area contributed by atoms with Crippen molar-refractivity contribution in [3.63, 3.8) is 0 Å². The Morgan fingerprint density at radius 1 is 1.12 bits per heavy atom. The van der Waals surface area contributed by atoms with E-state index in [1.807, 2.05) is 12.2 Å². The minimum Gasteiger partial charge on any atom is -0.478 e. The van der Waals surface area contributed by atoms with Crippen molar-refractivity contribution < 1.29 is 9.90 Å². The summed E-state index contributed by atoms with van der Waals surface area (Å²) in [5.74, 6) is -0.843. The topological polar surface area (TPSA) is 37.3 Å². The molecule has 0 fully saturated rings. The Labute approximate surface area is 99.1 Å². The van der Waals surface area contributed by atoms with E-state index in [1.54, 1.807) is 13.0 Å². The second-order valence-electron chi connectivity index (χ2n) is 4.14. The number of hydrogen-bond donors (Lipinski definition) is 1. The minimum absolute atomic E-state index is 0.388. The third kappa shape index (κ3) is 9.50. The predicted molar refractivity (Wildman–Crippen MR) is 68.5 cm³/mol. The molecule has 2 nitrogen and oxygen atoms in total. The van der Waals surface area contributed by atoms with Gasteiger partial charge in [0, 0.05) is 5.57 Å². The van der Waals surface area contributed by atoms with Crippen LogP contribution in [0.25, 0.3) is 0 Å². The quantitative estimate of drug-likeness (QED) is 0.359. The minimum atomic E-state index is -0.843. The molecule has 0 aromatic rings. The van der Waals surface area contributed by atoms with Gasteiger partial charge in [0.15, 0.2) is 0 Å². The molecule has 0 aromatic carbocycles. The zero-order valence-corrected chi connectivity index (χ0v) is 10.5. The number of rotatable bonds is 9. The number of hydrogen-bond acceptors (Lipinski definition) is 1. The SMILES string of the molecule is CCCCCCCC/C=C/C=C(/C)C(=O)O. The van der Waals surface area contributed by atoms with E-state index in [1.165, 1.54) is 38.5 Å². The highest BCUT2D eigenvalue weighted by molar-refractivity contribution is 5.86. The molecule has 0 bridgehead atoms. The first-order valence-electron chi connectivity index (χ1n) is 6.25. The van der Waals surface area contributed by atoms with Crippen LogP contribution < -0.4 is 0 Å². The van der Waals surface area contributed by atoms with Crippen molar-refractivity contribution in [3.05, 3.63) is 23.8 Å². The maximum Gasteiger partial charge on any atom is 0.331 e. The summed E-state index contributed by atoms with van der Waals surface area (Å²) in [5.41, 5.74) is 0.388. The maximum atomic E-state index is 10.5. The number of carboxylic acid groups (broad SMARTS) is 1. The monoisotopic (exact) mass is 224 g/mol. The molecule has 0 radical (unpaired) electrons. The molecule has 0 aliphatic rings. The van der Waals surface area contributed by atoms with E-state index in [4.69, 9.17) is 5.11 Å². The third-order valence-corrected chi connectivity index (χ3v) is 2.54. The highest BCUT2D eigenvalue weighted by Crippen LogP contribution is 2.07. The first-order valence-corrected chi connectivity index (χ1v) is 6.25. The Morgan fingerprint density at radius 2 is 1.75 bits per heavy atom. The molecule has 0 saturated carbocycles. The summed E-state index contributed by atoms with van der Waals surface area (Å²) in [6, 6.07) is 0. The Morgan fingerprint density at radius 3 is 2.38 bits per heavy atom. The van der Waals surface area contributed by atoms with Crippen LogP contribution in [0.15, 0.2) is 23.8 Å². The Bertz CT molecular complexity index is 239. The van der Waals surface area contributed by atoms with Gasteiger partial charge in [0.1, 0.15) is 0 Å².